The van der Waals surface area contributed by atoms with Gasteiger partial charge in [-0.2, -0.15) is 0 Å². The number of halogens is 1. The number of rotatable bonds is 16. The van der Waals surface area contributed by atoms with E-state index in [1.165, 1.54) is 154 Å². The molecular weight excluding hydrogens is 798 g/mol. The minimum Gasteiger partial charge on any atom is -0.358 e. The Hall–Kier alpha value is -1.88. The van der Waals surface area contributed by atoms with Gasteiger partial charge in [-0.3, -0.25) is 0 Å². The summed E-state index contributed by atoms with van der Waals surface area (Å²) in [7, 11) is 0. The van der Waals surface area contributed by atoms with Gasteiger partial charge in [0.15, 0.2) is 0 Å². The Morgan fingerprint density at radius 1 is 0.340 bits per heavy atom. The van der Waals surface area contributed by atoms with Gasteiger partial charge in [0, 0.05) is 0 Å². The second kappa shape index (κ2) is 26.8. The molecule has 0 N–H and O–H groups in total. The van der Waals surface area contributed by atoms with E-state index in [4.69, 9.17) is 0 Å². The van der Waals surface area contributed by atoms with Crippen LogP contribution in [-0.4, -0.2) is 0 Å². The minimum atomic E-state index is 0. The molecule has 0 nitrogen and oxygen atoms in total. The van der Waals surface area contributed by atoms with Crippen LogP contribution in [0.4, 0.5) is 0 Å². The van der Waals surface area contributed by atoms with Crippen LogP contribution in [0.15, 0.2) is 97.1 Å². The van der Waals surface area contributed by atoms with E-state index in [0.717, 1.165) is 0 Å². The van der Waals surface area contributed by atoms with Crippen LogP contribution < -0.4 is 0 Å². The molecule has 2 fully saturated rings. The molecule has 2 heteroatoms. The second-order valence-electron chi connectivity index (χ2n) is 15.3. The Balaban J connectivity index is 0.00000144. The van der Waals surface area contributed by atoms with Gasteiger partial charge < -0.3 is 14.9 Å². The predicted octanol–water partition coefficient (Wildman–Crippen LogP) is 16.0. The topological polar surface area (TPSA) is 0 Å². The minimum absolute atomic E-state index is 0. The van der Waals surface area contributed by atoms with Gasteiger partial charge in [-0.25, -0.2) is 0 Å². The fourth-order valence-electron chi connectivity index (χ4n) is 8.44. The molecule has 4 aromatic rings. The average Bonchev–Trinajstić information content (AvgIpc) is 3.74. The zero-order chi connectivity index (χ0) is 34.3. The van der Waals surface area contributed by atoms with E-state index in [0.29, 0.717) is 23.7 Å². The van der Waals surface area contributed by atoms with Crippen molar-refractivity contribution in [1.29, 1.82) is 0 Å². The molecule has 0 spiro atoms. The molecular formula is C51H73CoI. The van der Waals surface area contributed by atoms with Crippen molar-refractivity contribution in [2.24, 2.45) is 0 Å². The zero-order valence-electron chi connectivity index (χ0n) is 34.3. The second-order valence-corrected chi connectivity index (χ2v) is 15.3. The molecule has 4 aromatic carbocycles. The number of benzene rings is 4. The first kappa shape index (κ1) is 49.1. The van der Waals surface area contributed by atoms with E-state index in [1.54, 1.807) is 0 Å². The number of hydrogen-bond donors (Lipinski definition) is 0. The van der Waals surface area contributed by atoms with E-state index in [1.807, 2.05) is 0 Å². The summed E-state index contributed by atoms with van der Waals surface area (Å²) in [4.78, 5) is 0. The maximum Gasteiger partial charge on any atom is 2.00 e. The first-order valence-electron chi connectivity index (χ1n) is 20.5. The molecule has 2 aliphatic carbocycles. The smallest absolute Gasteiger partial charge is 0.358 e. The Kier molecular flexibility index (Phi) is 24.9. The van der Waals surface area contributed by atoms with Crippen molar-refractivity contribution < 1.29 is 16.8 Å². The number of aryl methyl sites for hydroxylation is 4. The molecule has 293 valence electrons. The number of unbranched alkanes of at least 4 members (excludes halogenated alkanes) is 4. The quantitative estimate of drug-likeness (QED) is 0.0777. The molecule has 0 heterocycles. The summed E-state index contributed by atoms with van der Waals surface area (Å²) in [5, 5.41) is 0. The molecule has 53 heavy (non-hydrogen) atoms. The summed E-state index contributed by atoms with van der Waals surface area (Å²) in [5.41, 5.74) is 11.9. The van der Waals surface area contributed by atoms with Crippen molar-refractivity contribution >= 4 is 24.0 Å². The van der Waals surface area contributed by atoms with Gasteiger partial charge in [-0.15, -0.1) is 24.0 Å². The van der Waals surface area contributed by atoms with Crippen molar-refractivity contribution in [1.82, 2.24) is 0 Å². The normalized spacial score (nSPS) is 18.5. The summed E-state index contributed by atoms with van der Waals surface area (Å²) >= 11 is 0. The number of hydrogen-bond acceptors (Lipinski definition) is 0. The van der Waals surface area contributed by atoms with E-state index in [9.17, 15) is 0 Å². The average molecular weight is 872 g/mol. The van der Waals surface area contributed by atoms with Crippen LogP contribution in [0, 0.1) is 14.9 Å². The maximum atomic E-state index is 2.46. The summed E-state index contributed by atoms with van der Waals surface area (Å²) in [6.07, 6.45) is 22.3. The zero-order valence-corrected chi connectivity index (χ0v) is 37.7. The molecule has 0 aliphatic heterocycles. The Bertz CT molecular complexity index is 1230. The van der Waals surface area contributed by atoms with Crippen LogP contribution in [-0.2, 0) is 42.5 Å². The first-order valence-corrected chi connectivity index (χ1v) is 20.5. The van der Waals surface area contributed by atoms with Gasteiger partial charge in [0.05, 0.1) is 0 Å². The largest absolute Gasteiger partial charge is 2.00 e. The van der Waals surface area contributed by atoms with Gasteiger partial charge >= 0.3 is 16.8 Å². The molecule has 1 radical (unpaired) electrons. The standard InChI is InChI=1S/C44H56.C5H10.2CH3.Co.HI/c1-5-9-13-33-17-25-37(26-18-33)41-42(38-27-19-34(20-28-38)14-10-6-2)44(40-31-23-36(24-32-40)16-12-8-4)43(41)39-29-21-35(22-30-39)15-11-7-3;1-2-4-5-3-1;;;;/h17-32,41-44H,5-16H2,1-4H3;1-5H2;2*1H3;;1H/q;;2*-1;+2;. The Morgan fingerprint density at radius 3 is 0.660 bits per heavy atom. The fourth-order valence-corrected chi connectivity index (χ4v) is 8.44. The van der Waals surface area contributed by atoms with Crippen LogP contribution in [0.1, 0.15) is 179 Å². The van der Waals surface area contributed by atoms with Gasteiger partial charge in [0.2, 0.25) is 0 Å². The first-order chi connectivity index (χ1) is 24.2. The third-order valence-electron chi connectivity index (χ3n) is 11.5. The van der Waals surface area contributed by atoms with Crippen LogP contribution in [0.2, 0.25) is 0 Å². The maximum absolute atomic E-state index is 2.46. The Morgan fingerprint density at radius 2 is 0.509 bits per heavy atom. The molecule has 2 saturated carbocycles. The van der Waals surface area contributed by atoms with Crippen LogP contribution in [0.5, 0.6) is 0 Å². The van der Waals surface area contributed by atoms with Crippen LogP contribution >= 0.6 is 24.0 Å². The molecule has 0 atom stereocenters. The third-order valence-corrected chi connectivity index (χ3v) is 11.5. The van der Waals surface area contributed by atoms with Crippen LogP contribution in [0.3, 0.4) is 0 Å². The van der Waals surface area contributed by atoms with Crippen LogP contribution in [0.25, 0.3) is 0 Å². The van der Waals surface area contributed by atoms with E-state index in [-0.39, 0.29) is 55.6 Å². The molecule has 0 unspecified atom stereocenters. The molecule has 0 aromatic heterocycles. The van der Waals surface area contributed by atoms with Crippen molar-refractivity contribution in [2.45, 2.75) is 161 Å². The third kappa shape index (κ3) is 14.0. The van der Waals surface area contributed by atoms with E-state index < -0.39 is 0 Å². The summed E-state index contributed by atoms with van der Waals surface area (Å²) in [6, 6.07) is 39.0. The summed E-state index contributed by atoms with van der Waals surface area (Å²) < 4.78 is 0. The van der Waals surface area contributed by atoms with E-state index in [2.05, 4.69) is 125 Å². The van der Waals surface area contributed by atoms with Gasteiger partial charge in [-0.05, 0) is 120 Å². The molecule has 0 saturated heterocycles. The molecule has 0 bridgehead atoms. The Labute approximate surface area is 355 Å². The summed E-state index contributed by atoms with van der Waals surface area (Å²) in [5.74, 6) is 1.84. The monoisotopic (exact) mass is 871 g/mol. The SMILES string of the molecule is C1CCCC1.CCCCc1ccc(C2C(c3ccc(CCCC)cc3)C(c3ccc(CCCC)cc3)C2c2ccc(CCCC)cc2)cc1.I.[CH3-].[CH3-].[Co+2]. The van der Waals surface area contributed by atoms with Crippen molar-refractivity contribution in [2.75, 3.05) is 0 Å². The van der Waals surface area contributed by atoms with Gasteiger partial charge in [-0.1, -0.05) is 183 Å². The van der Waals surface area contributed by atoms with Crippen molar-refractivity contribution in [3.63, 3.8) is 0 Å². The van der Waals surface area contributed by atoms with Gasteiger partial charge in [0.25, 0.3) is 0 Å². The van der Waals surface area contributed by atoms with Crippen molar-refractivity contribution in [3.8, 4) is 0 Å². The van der Waals surface area contributed by atoms with E-state index >= 15 is 0 Å². The summed E-state index contributed by atoms with van der Waals surface area (Å²) in [6.45, 7) is 9.15. The van der Waals surface area contributed by atoms with Crippen molar-refractivity contribution in [3.05, 3.63) is 156 Å². The predicted molar refractivity (Wildman–Crippen MR) is 243 cm³/mol. The van der Waals surface area contributed by atoms with Gasteiger partial charge in [0.1, 0.15) is 0 Å². The molecule has 2 aliphatic rings. The molecule has 0 amide bonds. The molecule has 6 rings (SSSR count). The fraction of sp³-hybridized carbons (Fsp3) is 0.490.